The maximum Gasteiger partial charge on any atom is 0.0946 e. The van der Waals surface area contributed by atoms with Crippen molar-refractivity contribution in [3.63, 3.8) is 0 Å². The van der Waals surface area contributed by atoms with E-state index in [0.717, 1.165) is 30.9 Å². The first-order valence-electron chi connectivity index (χ1n) is 10.3. The van der Waals surface area contributed by atoms with Gasteiger partial charge in [0.1, 0.15) is 0 Å². The molecule has 4 fully saturated rings. The van der Waals surface area contributed by atoms with Crippen molar-refractivity contribution in [2.24, 2.45) is 23.2 Å². The Morgan fingerprint density at radius 2 is 1.73 bits per heavy atom. The molecule has 0 radical (unpaired) electrons. The highest BCUT2D eigenvalue weighted by atomic mass is 16.5. The Bertz CT molecular complexity index is 699. The van der Waals surface area contributed by atoms with Gasteiger partial charge >= 0.3 is 0 Å². The third-order valence-electron chi connectivity index (χ3n) is 7.28. The molecule has 0 aliphatic heterocycles. The fraction of sp³-hybridized carbons (Fsp3) is 0.609. The second kappa shape index (κ2) is 6.53. The summed E-state index contributed by atoms with van der Waals surface area (Å²) in [5.74, 6) is 2.86. The summed E-state index contributed by atoms with van der Waals surface area (Å²) < 4.78 is 8.90. The molecule has 138 valence electrons. The fourth-order valence-corrected chi connectivity index (χ4v) is 6.46. The van der Waals surface area contributed by atoms with Gasteiger partial charge in [-0.2, -0.15) is 0 Å². The van der Waals surface area contributed by atoms with Gasteiger partial charge in [0.2, 0.25) is 0 Å². The summed E-state index contributed by atoms with van der Waals surface area (Å²) in [6.07, 6.45) is 14.8. The fourth-order valence-electron chi connectivity index (χ4n) is 6.46. The van der Waals surface area contributed by atoms with Crippen molar-refractivity contribution in [1.82, 2.24) is 9.55 Å². The zero-order valence-corrected chi connectivity index (χ0v) is 15.8. The van der Waals surface area contributed by atoms with Gasteiger partial charge in [-0.3, -0.25) is 0 Å². The molecule has 1 aromatic carbocycles. The van der Waals surface area contributed by atoms with Gasteiger partial charge in [-0.25, -0.2) is 4.98 Å². The maximum absolute atomic E-state index is 6.68. The molecule has 4 bridgehead atoms. The van der Waals surface area contributed by atoms with E-state index in [0.29, 0.717) is 11.5 Å². The Hall–Kier alpha value is -1.61. The first-order valence-corrected chi connectivity index (χ1v) is 10.3. The molecule has 0 amide bonds. The first-order chi connectivity index (χ1) is 12.7. The Labute approximate surface area is 156 Å². The number of imidazole rings is 1. The van der Waals surface area contributed by atoms with Crippen molar-refractivity contribution in [1.29, 1.82) is 0 Å². The van der Waals surface area contributed by atoms with E-state index in [9.17, 15) is 0 Å². The molecule has 2 aromatic rings. The Kier molecular flexibility index (Phi) is 4.16. The van der Waals surface area contributed by atoms with E-state index in [1.165, 1.54) is 49.7 Å². The number of hydrogen-bond donors (Lipinski definition) is 0. The lowest BCUT2D eigenvalue weighted by Crippen LogP contribution is -2.53. The molecule has 1 atom stereocenters. The SMILES string of the molecule is Cc1ccc(COC(Cn2ccnc2)C23CC4CC(CC(C4)C2)C3)cc1. The number of ether oxygens (including phenoxy) is 1. The molecule has 4 aliphatic rings. The third-order valence-corrected chi connectivity index (χ3v) is 7.28. The van der Waals surface area contributed by atoms with Crippen molar-refractivity contribution in [2.75, 3.05) is 0 Å². The summed E-state index contributed by atoms with van der Waals surface area (Å²) in [5.41, 5.74) is 2.99. The van der Waals surface area contributed by atoms with E-state index >= 15 is 0 Å². The van der Waals surface area contributed by atoms with Crippen LogP contribution in [0.5, 0.6) is 0 Å². The second-order valence-electron chi connectivity index (χ2n) is 9.32. The van der Waals surface area contributed by atoms with Crippen molar-refractivity contribution in [3.05, 3.63) is 54.1 Å². The van der Waals surface area contributed by atoms with Crippen molar-refractivity contribution in [3.8, 4) is 0 Å². The molecular weight excluding hydrogens is 320 g/mol. The van der Waals surface area contributed by atoms with Crippen LogP contribution in [0.2, 0.25) is 0 Å². The highest BCUT2D eigenvalue weighted by Gasteiger charge is 2.54. The van der Waals surface area contributed by atoms with Crippen LogP contribution in [0.3, 0.4) is 0 Å². The van der Waals surface area contributed by atoms with E-state index in [1.54, 1.807) is 0 Å². The minimum absolute atomic E-state index is 0.298. The highest BCUT2D eigenvalue weighted by Crippen LogP contribution is 2.62. The topological polar surface area (TPSA) is 27.1 Å². The summed E-state index contributed by atoms with van der Waals surface area (Å²) in [6.45, 7) is 3.81. The molecule has 1 unspecified atom stereocenters. The van der Waals surface area contributed by atoms with E-state index in [1.807, 2.05) is 12.5 Å². The number of nitrogens with zero attached hydrogens (tertiary/aromatic N) is 2. The molecule has 4 saturated carbocycles. The van der Waals surface area contributed by atoms with E-state index in [4.69, 9.17) is 4.74 Å². The molecule has 1 aromatic heterocycles. The highest BCUT2D eigenvalue weighted by molar-refractivity contribution is 5.20. The minimum Gasteiger partial charge on any atom is -0.371 e. The second-order valence-corrected chi connectivity index (χ2v) is 9.32. The summed E-state index contributed by atoms with van der Waals surface area (Å²) in [7, 11) is 0. The lowest BCUT2D eigenvalue weighted by molar-refractivity contribution is -0.151. The van der Waals surface area contributed by atoms with E-state index in [-0.39, 0.29) is 0 Å². The normalized spacial score (nSPS) is 33.5. The zero-order chi connectivity index (χ0) is 17.6. The van der Waals surface area contributed by atoms with Crippen LogP contribution in [0.15, 0.2) is 43.0 Å². The van der Waals surface area contributed by atoms with Crippen molar-refractivity contribution >= 4 is 0 Å². The number of aromatic nitrogens is 2. The maximum atomic E-state index is 6.68. The first kappa shape index (κ1) is 16.6. The van der Waals surface area contributed by atoms with Gasteiger partial charge in [0.05, 0.1) is 25.6 Å². The summed E-state index contributed by atoms with van der Waals surface area (Å²) in [6, 6.07) is 8.80. The largest absolute Gasteiger partial charge is 0.371 e. The summed E-state index contributed by atoms with van der Waals surface area (Å²) in [5, 5.41) is 0. The van der Waals surface area contributed by atoms with Gasteiger partial charge < -0.3 is 9.30 Å². The van der Waals surface area contributed by atoms with Crippen LogP contribution in [0.4, 0.5) is 0 Å². The van der Waals surface area contributed by atoms with Gasteiger partial charge in [-0.05, 0) is 74.2 Å². The molecular formula is C23H30N2O. The Balaban J connectivity index is 1.38. The van der Waals surface area contributed by atoms with Gasteiger partial charge in [-0.1, -0.05) is 29.8 Å². The van der Waals surface area contributed by atoms with Gasteiger partial charge in [-0.15, -0.1) is 0 Å². The van der Waals surface area contributed by atoms with Crippen LogP contribution in [-0.2, 0) is 17.9 Å². The summed E-state index contributed by atoms with van der Waals surface area (Å²) >= 11 is 0. The molecule has 3 nitrogen and oxygen atoms in total. The average Bonchev–Trinajstić information content (AvgIpc) is 3.12. The minimum atomic E-state index is 0.298. The molecule has 6 rings (SSSR count). The standard InChI is InChI=1S/C23H30N2O/c1-17-2-4-18(5-3-17)15-26-22(14-25-7-6-24-16-25)23-11-19-8-20(12-23)10-21(9-19)13-23/h2-7,16,19-22H,8-15H2,1H3. The van der Waals surface area contributed by atoms with Crippen LogP contribution in [0.25, 0.3) is 0 Å². The summed E-state index contributed by atoms with van der Waals surface area (Å²) in [4.78, 5) is 4.26. The molecule has 0 N–H and O–H groups in total. The predicted octanol–water partition coefficient (Wildman–Crippen LogP) is 4.99. The van der Waals surface area contributed by atoms with Gasteiger partial charge in [0, 0.05) is 12.4 Å². The van der Waals surface area contributed by atoms with Gasteiger partial charge in [0.15, 0.2) is 0 Å². The lowest BCUT2D eigenvalue weighted by atomic mass is 9.48. The molecule has 0 spiro atoms. The van der Waals surface area contributed by atoms with E-state index in [2.05, 4.69) is 46.9 Å². The smallest absolute Gasteiger partial charge is 0.0946 e. The number of aryl methyl sites for hydroxylation is 1. The number of hydrogen-bond acceptors (Lipinski definition) is 2. The van der Waals surface area contributed by atoms with Crippen LogP contribution in [-0.4, -0.2) is 15.7 Å². The van der Waals surface area contributed by atoms with Crippen LogP contribution in [0.1, 0.15) is 49.7 Å². The molecule has 1 heterocycles. The number of rotatable bonds is 6. The zero-order valence-electron chi connectivity index (χ0n) is 15.8. The monoisotopic (exact) mass is 350 g/mol. The molecule has 3 heteroatoms. The van der Waals surface area contributed by atoms with Gasteiger partial charge in [0.25, 0.3) is 0 Å². The Morgan fingerprint density at radius 1 is 1.08 bits per heavy atom. The van der Waals surface area contributed by atoms with Crippen molar-refractivity contribution in [2.45, 2.75) is 64.7 Å². The van der Waals surface area contributed by atoms with Crippen LogP contribution in [0, 0.1) is 30.1 Å². The number of benzene rings is 1. The van der Waals surface area contributed by atoms with Crippen LogP contribution < -0.4 is 0 Å². The Morgan fingerprint density at radius 3 is 2.31 bits per heavy atom. The predicted molar refractivity (Wildman–Crippen MR) is 103 cm³/mol. The third kappa shape index (κ3) is 3.11. The molecule has 26 heavy (non-hydrogen) atoms. The molecule has 4 aliphatic carbocycles. The average molecular weight is 351 g/mol. The van der Waals surface area contributed by atoms with E-state index < -0.39 is 0 Å². The van der Waals surface area contributed by atoms with Crippen LogP contribution >= 0.6 is 0 Å². The molecule has 0 saturated heterocycles. The van der Waals surface area contributed by atoms with Crippen molar-refractivity contribution < 1.29 is 4.74 Å². The quantitative estimate of drug-likeness (QED) is 0.733. The lowest BCUT2D eigenvalue weighted by Gasteiger charge is -2.59.